The van der Waals surface area contributed by atoms with E-state index in [1.54, 1.807) is 24.3 Å². The van der Waals surface area contributed by atoms with E-state index in [1.807, 2.05) is 6.92 Å². The van der Waals surface area contributed by atoms with Crippen LogP contribution in [0.15, 0.2) is 28.7 Å². The maximum absolute atomic E-state index is 11.8. The highest BCUT2D eigenvalue weighted by Crippen LogP contribution is 2.24. The largest absolute Gasteiger partial charge is 0.453 e. The number of aliphatic hydroxyl groups is 1. The Bertz CT molecular complexity index is 545. The average Bonchev–Trinajstić information content (AvgIpc) is 2.71. The van der Waals surface area contributed by atoms with Gasteiger partial charge in [-0.25, -0.2) is 0 Å². The van der Waals surface area contributed by atoms with Crippen LogP contribution in [0.5, 0.6) is 0 Å². The Morgan fingerprint density at radius 2 is 2.24 bits per heavy atom. The maximum Gasteiger partial charge on any atom is 0.226 e. The van der Waals surface area contributed by atoms with Gasteiger partial charge in [0.25, 0.3) is 0 Å². The molecule has 17 heavy (non-hydrogen) atoms. The van der Waals surface area contributed by atoms with E-state index in [0.29, 0.717) is 17.0 Å². The number of hydrogen-bond acceptors (Lipinski definition) is 3. The van der Waals surface area contributed by atoms with Crippen molar-refractivity contribution in [3.8, 4) is 0 Å². The molecule has 1 aromatic heterocycles. The number of carbonyl (C=O) groups excluding carboxylic acids is 1. The molecule has 0 amide bonds. The van der Waals surface area contributed by atoms with E-state index in [4.69, 9.17) is 16.0 Å². The van der Waals surface area contributed by atoms with Gasteiger partial charge in [-0.05, 0) is 30.7 Å². The molecule has 0 aliphatic heterocycles. The van der Waals surface area contributed by atoms with E-state index in [1.165, 1.54) is 0 Å². The predicted octanol–water partition coefficient (Wildman–Crippen LogP) is 3.43. The molecule has 0 fully saturated rings. The summed E-state index contributed by atoms with van der Waals surface area (Å²) >= 11 is 5.84. The summed E-state index contributed by atoms with van der Waals surface area (Å²) in [6.45, 7) is 1.91. The highest BCUT2D eigenvalue weighted by atomic mass is 35.5. The Hall–Kier alpha value is -1.32. The number of halogens is 1. The third-order valence-corrected chi connectivity index (χ3v) is 2.82. The van der Waals surface area contributed by atoms with Gasteiger partial charge in [-0.1, -0.05) is 24.9 Å². The highest BCUT2D eigenvalue weighted by Gasteiger charge is 2.20. The third-order valence-electron chi connectivity index (χ3n) is 2.59. The van der Waals surface area contributed by atoms with E-state index in [0.717, 1.165) is 11.8 Å². The van der Waals surface area contributed by atoms with Crippen LogP contribution in [0.25, 0.3) is 11.0 Å². The van der Waals surface area contributed by atoms with E-state index in [9.17, 15) is 9.90 Å². The third kappa shape index (κ3) is 2.51. The van der Waals surface area contributed by atoms with Crippen molar-refractivity contribution in [1.82, 2.24) is 0 Å². The van der Waals surface area contributed by atoms with Gasteiger partial charge in [-0.3, -0.25) is 4.79 Å². The number of aliphatic hydroxyl groups excluding tert-OH is 1. The highest BCUT2D eigenvalue weighted by molar-refractivity contribution is 6.31. The summed E-state index contributed by atoms with van der Waals surface area (Å²) in [5.74, 6) is -0.192. The lowest BCUT2D eigenvalue weighted by molar-refractivity contribution is 0.0702. The molecule has 1 N–H and O–H groups in total. The van der Waals surface area contributed by atoms with Gasteiger partial charge in [0.05, 0.1) is 0 Å². The first-order valence-corrected chi connectivity index (χ1v) is 5.91. The van der Waals surface area contributed by atoms with Gasteiger partial charge in [0, 0.05) is 10.4 Å². The lowest BCUT2D eigenvalue weighted by Gasteiger charge is -2.04. The Morgan fingerprint density at radius 3 is 2.94 bits per heavy atom. The van der Waals surface area contributed by atoms with E-state index in [-0.39, 0.29) is 11.5 Å². The molecule has 3 nitrogen and oxygen atoms in total. The quantitative estimate of drug-likeness (QED) is 0.848. The summed E-state index contributed by atoms with van der Waals surface area (Å²) in [6, 6.07) is 6.75. The first kappa shape index (κ1) is 12.1. The van der Waals surface area contributed by atoms with Crippen molar-refractivity contribution in [2.24, 2.45) is 0 Å². The van der Waals surface area contributed by atoms with Crippen LogP contribution in [-0.4, -0.2) is 17.0 Å². The topological polar surface area (TPSA) is 50.4 Å². The molecule has 2 rings (SSSR count). The first-order chi connectivity index (χ1) is 8.11. The van der Waals surface area contributed by atoms with Crippen LogP contribution in [-0.2, 0) is 0 Å². The van der Waals surface area contributed by atoms with Gasteiger partial charge in [0.2, 0.25) is 5.78 Å². The van der Waals surface area contributed by atoms with E-state index < -0.39 is 6.10 Å². The molecule has 0 saturated carbocycles. The maximum atomic E-state index is 11.8. The summed E-state index contributed by atoms with van der Waals surface area (Å²) in [4.78, 5) is 11.8. The smallest absolute Gasteiger partial charge is 0.226 e. The molecule has 0 aliphatic rings. The number of rotatable bonds is 4. The summed E-state index contributed by atoms with van der Waals surface area (Å²) < 4.78 is 5.38. The number of benzene rings is 1. The lowest BCUT2D eigenvalue weighted by atomic mass is 10.1. The summed E-state index contributed by atoms with van der Waals surface area (Å²) in [7, 11) is 0. The van der Waals surface area contributed by atoms with Crippen LogP contribution in [0.2, 0.25) is 5.02 Å². The minimum Gasteiger partial charge on any atom is -0.453 e. The second-order valence-corrected chi connectivity index (χ2v) is 4.40. The fraction of sp³-hybridized carbons (Fsp3) is 0.308. The number of furan rings is 1. The van der Waals surface area contributed by atoms with Crippen LogP contribution >= 0.6 is 11.6 Å². The van der Waals surface area contributed by atoms with Crippen LogP contribution in [0, 0.1) is 0 Å². The van der Waals surface area contributed by atoms with E-state index >= 15 is 0 Å². The predicted molar refractivity (Wildman–Crippen MR) is 66.5 cm³/mol. The monoisotopic (exact) mass is 252 g/mol. The molecular formula is C13H13ClO3. The molecule has 4 heteroatoms. The Balaban J connectivity index is 2.33. The molecule has 1 unspecified atom stereocenters. The van der Waals surface area contributed by atoms with Gasteiger partial charge >= 0.3 is 0 Å². The molecule has 1 heterocycles. The standard InChI is InChI=1S/C13H13ClO3/c1-2-3-10(15)13(16)12-7-8-6-9(14)4-5-11(8)17-12/h4-7,10,15H,2-3H2,1H3. The van der Waals surface area contributed by atoms with Gasteiger partial charge in [0.15, 0.2) is 5.76 Å². The Morgan fingerprint density at radius 1 is 1.47 bits per heavy atom. The van der Waals surface area contributed by atoms with Crippen LogP contribution in [0.4, 0.5) is 0 Å². The molecular weight excluding hydrogens is 240 g/mol. The second kappa shape index (κ2) is 4.90. The molecule has 2 aromatic rings. The molecule has 90 valence electrons. The molecule has 0 bridgehead atoms. The van der Waals surface area contributed by atoms with Crippen molar-refractivity contribution < 1.29 is 14.3 Å². The van der Waals surface area contributed by atoms with Gasteiger partial charge < -0.3 is 9.52 Å². The van der Waals surface area contributed by atoms with Crippen molar-refractivity contribution in [1.29, 1.82) is 0 Å². The summed E-state index contributed by atoms with van der Waals surface area (Å²) in [5, 5.41) is 11.0. The molecule has 0 saturated heterocycles. The molecule has 0 spiro atoms. The second-order valence-electron chi connectivity index (χ2n) is 3.96. The number of Topliss-reactive ketones (excluding diaryl/α,β-unsaturated/α-hetero) is 1. The number of fused-ring (bicyclic) bond motifs is 1. The normalized spacial score (nSPS) is 12.9. The fourth-order valence-electron chi connectivity index (χ4n) is 1.70. The van der Waals surface area contributed by atoms with Crippen molar-refractivity contribution in [2.75, 3.05) is 0 Å². The van der Waals surface area contributed by atoms with Crippen molar-refractivity contribution in [2.45, 2.75) is 25.9 Å². The van der Waals surface area contributed by atoms with Crippen molar-refractivity contribution >= 4 is 28.4 Å². The van der Waals surface area contributed by atoms with Gasteiger partial charge in [-0.2, -0.15) is 0 Å². The van der Waals surface area contributed by atoms with E-state index in [2.05, 4.69) is 0 Å². The van der Waals surface area contributed by atoms with Crippen molar-refractivity contribution in [3.63, 3.8) is 0 Å². The Kier molecular flexibility index (Phi) is 3.50. The van der Waals surface area contributed by atoms with Gasteiger partial charge in [0.1, 0.15) is 11.7 Å². The molecule has 0 aliphatic carbocycles. The molecule has 1 atom stereocenters. The zero-order valence-electron chi connectivity index (χ0n) is 9.44. The zero-order chi connectivity index (χ0) is 12.4. The minimum absolute atomic E-state index is 0.184. The number of hydrogen-bond donors (Lipinski definition) is 1. The molecule has 0 radical (unpaired) electrons. The molecule has 1 aromatic carbocycles. The number of ketones is 1. The van der Waals surface area contributed by atoms with Crippen LogP contribution in [0.1, 0.15) is 30.3 Å². The zero-order valence-corrected chi connectivity index (χ0v) is 10.2. The first-order valence-electron chi connectivity index (χ1n) is 5.53. The summed E-state index contributed by atoms with van der Waals surface area (Å²) in [5.41, 5.74) is 0.599. The SMILES string of the molecule is CCCC(O)C(=O)c1cc2cc(Cl)ccc2o1. The van der Waals surface area contributed by atoms with Crippen LogP contribution < -0.4 is 0 Å². The summed E-state index contributed by atoms with van der Waals surface area (Å²) in [6.07, 6.45) is 0.200. The van der Waals surface area contributed by atoms with Crippen molar-refractivity contribution in [3.05, 3.63) is 35.0 Å². The van der Waals surface area contributed by atoms with Crippen LogP contribution in [0.3, 0.4) is 0 Å². The lowest BCUT2D eigenvalue weighted by Crippen LogP contribution is -2.19. The fourth-order valence-corrected chi connectivity index (χ4v) is 1.88. The minimum atomic E-state index is -0.990. The Labute approximate surface area is 104 Å². The van der Waals surface area contributed by atoms with Gasteiger partial charge in [-0.15, -0.1) is 0 Å². The average molecular weight is 253 g/mol. The number of carbonyl (C=O) groups is 1.